The van der Waals surface area contributed by atoms with Crippen molar-refractivity contribution in [3.8, 4) is 0 Å². The normalized spacial score (nSPS) is 12.4. The quantitative estimate of drug-likeness (QED) is 0.170. The van der Waals surface area contributed by atoms with Crippen LogP contribution in [0.25, 0.3) is 21.5 Å². The standard InChI is InChI=1S/C9H7ClN2O.C9H8N2O.C4H2ClNO2/c10-8-5-3-4-12-9(13)6(5)1-2-7(8)11;10-7-1-2-8-6(5-7)3-4-11-9(8)12;5-6-3(7)1-2-4(6)8/h1-4H,11H2,(H,12,13);1-5H,10H2,(H,11,12);1-2H. The number of fused-ring (bicyclic) bond motifs is 2. The highest BCUT2D eigenvalue weighted by atomic mass is 35.5. The lowest BCUT2D eigenvalue weighted by Crippen LogP contribution is -2.18. The largest absolute Gasteiger partial charge is 0.399 e. The molecule has 0 bridgehead atoms. The van der Waals surface area contributed by atoms with Crippen molar-refractivity contribution >= 4 is 68.1 Å². The van der Waals surface area contributed by atoms with Crippen molar-refractivity contribution < 1.29 is 9.59 Å². The van der Waals surface area contributed by atoms with Crippen LogP contribution in [0.1, 0.15) is 0 Å². The molecule has 5 rings (SSSR count). The highest BCUT2D eigenvalue weighted by molar-refractivity contribution is 6.38. The van der Waals surface area contributed by atoms with Gasteiger partial charge in [-0.2, -0.15) is 4.42 Å². The molecule has 2 aromatic heterocycles. The molecule has 4 aromatic rings. The van der Waals surface area contributed by atoms with E-state index in [0.29, 0.717) is 37.0 Å². The summed E-state index contributed by atoms with van der Waals surface area (Å²) in [5.74, 6) is -0.951. The van der Waals surface area contributed by atoms with E-state index < -0.39 is 11.8 Å². The Hall–Kier alpha value is -4.08. The predicted molar refractivity (Wildman–Crippen MR) is 130 cm³/mol. The minimum atomic E-state index is -0.475. The fourth-order valence-corrected chi connectivity index (χ4v) is 3.18. The molecule has 0 spiro atoms. The fourth-order valence-electron chi connectivity index (χ4n) is 2.84. The molecule has 1 aliphatic heterocycles. The maximum atomic E-state index is 11.3. The summed E-state index contributed by atoms with van der Waals surface area (Å²) in [6.07, 6.45) is 5.41. The maximum absolute atomic E-state index is 11.3. The van der Waals surface area contributed by atoms with E-state index >= 15 is 0 Å². The number of H-pyrrole nitrogens is 2. The van der Waals surface area contributed by atoms with Crippen LogP contribution >= 0.6 is 23.4 Å². The molecule has 1 aliphatic rings. The summed E-state index contributed by atoms with van der Waals surface area (Å²) in [6.45, 7) is 0. The Bertz CT molecular complexity index is 1490. The van der Waals surface area contributed by atoms with Crippen LogP contribution in [0, 0.1) is 0 Å². The van der Waals surface area contributed by atoms with E-state index in [-0.39, 0.29) is 11.1 Å². The summed E-state index contributed by atoms with van der Waals surface area (Å²) in [4.78, 5) is 48.2. The number of rotatable bonds is 0. The van der Waals surface area contributed by atoms with Gasteiger partial charge in [0.05, 0.1) is 10.7 Å². The first-order valence-corrected chi connectivity index (χ1v) is 10.0. The summed E-state index contributed by atoms with van der Waals surface area (Å²) < 4.78 is 0.528. The highest BCUT2D eigenvalue weighted by Gasteiger charge is 2.20. The van der Waals surface area contributed by atoms with Gasteiger partial charge in [0.25, 0.3) is 22.9 Å². The van der Waals surface area contributed by atoms with E-state index in [1.54, 1.807) is 48.8 Å². The summed E-state index contributed by atoms with van der Waals surface area (Å²) in [7, 11) is 0. The average molecular weight is 486 g/mol. The molecule has 168 valence electrons. The summed E-state index contributed by atoms with van der Waals surface area (Å²) in [5.41, 5.74) is 12.1. The van der Waals surface area contributed by atoms with Gasteiger partial charge in [0.1, 0.15) is 0 Å². The van der Waals surface area contributed by atoms with Crippen LogP contribution < -0.4 is 22.6 Å². The number of aromatic amines is 2. The van der Waals surface area contributed by atoms with Crippen LogP contribution in [0.5, 0.6) is 0 Å². The SMILES string of the molecule is Nc1ccc2c(=O)[nH]ccc2c1.Nc1ccc2c(=O)[nH]ccc2c1Cl.O=C1C=CC(=O)N1Cl. The second kappa shape index (κ2) is 10.0. The smallest absolute Gasteiger partial charge is 0.268 e. The Morgan fingerprint density at radius 3 is 1.91 bits per heavy atom. The molecule has 9 nitrogen and oxygen atoms in total. The Labute approximate surface area is 196 Å². The molecule has 0 atom stereocenters. The van der Waals surface area contributed by atoms with Crippen molar-refractivity contribution in [2.45, 2.75) is 0 Å². The molecule has 11 heteroatoms. The van der Waals surface area contributed by atoms with Gasteiger partial charge in [-0.1, -0.05) is 11.6 Å². The molecule has 0 saturated heterocycles. The number of nitrogens with one attached hydrogen (secondary N) is 2. The van der Waals surface area contributed by atoms with Crippen LogP contribution in [0.2, 0.25) is 5.02 Å². The molecule has 0 fully saturated rings. The minimum absolute atomic E-state index is 0.0764. The van der Waals surface area contributed by atoms with Crippen molar-refractivity contribution in [1.82, 2.24) is 14.4 Å². The van der Waals surface area contributed by atoms with E-state index in [9.17, 15) is 19.2 Å². The Kier molecular flexibility index (Phi) is 7.17. The van der Waals surface area contributed by atoms with Crippen molar-refractivity contribution in [1.29, 1.82) is 0 Å². The summed E-state index contributed by atoms with van der Waals surface area (Å²) in [6, 6.07) is 12.1. The fraction of sp³-hybridized carbons (Fsp3) is 0. The van der Waals surface area contributed by atoms with Gasteiger partial charge in [-0.25, -0.2) is 0 Å². The van der Waals surface area contributed by atoms with Gasteiger partial charge in [-0.3, -0.25) is 19.2 Å². The van der Waals surface area contributed by atoms with Gasteiger partial charge < -0.3 is 21.4 Å². The van der Waals surface area contributed by atoms with Crippen molar-refractivity contribution in [3.05, 3.63) is 92.7 Å². The minimum Gasteiger partial charge on any atom is -0.399 e. The summed E-state index contributed by atoms with van der Waals surface area (Å²) in [5, 5.41) is 3.22. The number of hydrogen-bond acceptors (Lipinski definition) is 6. The lowest BCUT2D eigenvalue weighted by molar-refractivity contribution is -0.130. The van der Waals surface area contributed by atoms with Crippen LogP contribution in [0.4, 0.5) is 11.4 Å². The zero-order valence-corrected chi connectivity index (χ0v) is 18.4. The van der Waals surface area contributed by atoms with Crippen LogP contribution in [0.15, 0.2) is 76.6 Å². The number of pyridine rings is 2. The number of benzene rings is 2. The van der Waals surface area contributed by atoms with E-state index in [1.165, 1.54) is 0 Å². The second-order valence-corrected chi connectivity index (χ2v) is 7.40. The predicted octanol–water partition coefficient (Wildman–Crippen LogP) is 2.94. The molecule has 3 heterocycles. The Morgan fingerprint density at radius 1 is 0.727 bits per heavy atom. The molecule has 33 heavy (non-hydrogen) atoms. The number of aromatic nitrogens is 2. The molecule has 2 amide bonds. The van der Waals surface area contributed by atoms with Crippen molar-refractivity contribution in [2.24, 2.45) is 0 Å². The van der Waals surface area contributed by atoms with Gasteiger partial charge in [-0.15, -0.1) is 0 Å². The number of nitrogens with two attached hydrogens (primary N) is 2. The monoisotopic (exact) mass is 485 g/mol. The average Bonchev–Trinajstić information content (AvgIpc) is 3.08. The zero-order chi connectivity index (χ0) is 24.1. The topological polar surface area (TPSA) is 155 Å². The number of nitrogen functional groups attached to an aromatic ring is 2. The number of imide groups is 1. The molecular weight excluding hydrogens is 469 g/mol. The third-order valence-corrected chi connectivity index (χ3v) is 5.23. The van der Waals surface area contributed by atoms with Crippen LogP contribution in [-0.4, -0.2) is 26.2 Å². The van der Waals surface area contributed by atoms with Crippen molar-refractivity contribution in [3.63, 3.8) is 0 Å². The highest BCUT2D eigenvalue weighted by Crippen LogP contribution is 2.26. The number of nitrogens with zero attached hydrogens (tertiary/aromatic N) is 1. The first kappa shape index (κ1) is 23.6. The molecule has 2 aromatic carbocycles. The third-order valence-electron chi connectivity index (χ3n) is 4.47. The van der Waals surface area contributed by atoms with E-state index in [0.717, 1.165) is 17.5 Å². The number of anilines is 2. The Balaban J connectivity index is 0.000000143. The maximum Gasteiger partial charge on any atom is 0.268 e. The van der Waals surface area contributed by atoms with Gasteiger partial charge >= 0.3 is 0 Å². The number of carbonyl (C=O) groups excluding carboxylic acids is 2. The molecule has 6 N–H and O–H groups in total. The van der Waals surface area contributed by atoms with Gasteiger partial charge in [0.2, 0.25) is 0 Å². The van der Waals surface area contributed by atoms with E-state index in [1.807, 2.05) is 6.07 Å². The molecule has 0 saturated carbocycles. The van der Waals surface area contributed by atoms with Gasteiger partial charge in [0, 0.05) is 58.2 Å². The molecule has 0 aliphatic carbocycles. The number of carbonyl (C=O) groups is 2. The number of amides is 2. The first-order valence-electron chi connectivity index (χ1n) is 9.33. The molecular formula is C22H17Cl2N5O4. The number of hydrogen-bond donors (Lipinski definition) is 4. The molecule has 0 radical (unpaired) electrons. The second-order valence-electron chi connectivity index (χ2n) is 6.68. The van der Waals surface area contributed by atoms with Crippen LogP contribution in [-0.2, 0) is 9.59 Å². The zero-order valence-electron chi connectivity index (χ0n) is 16.8. The van der Waals surface area contributed by atoms with Crippen molar-refractivity contribution in [2.75, 3.05) is 11.5 Å². The lowest BCUT2D eigenvalue weighted by atomic mass is 10.1. The molecule has 0 unspecified atom stereocenters. The van der Waals surface area contributed by atoms with Crippen LogP contribution in [0.3, 0.4) is 0 Å². The summed E-state index contributed by atoms with van der Waals surface area (Å²) >= 11 is 11.0. The van der Waals surface area contributed by atoms with E-state index in [4.69, 9.17) is 34.8 Å². The van der Waals surface area contributed by atoms with E-state index in [2.05, 4.69) is 9.97 Å². The Morgan fingerprint density at radius 2 is 1.30 bits per heavy atom. The lowest BCUT2D eigenvalue weighted by Gasteiger charge is -2.01. The number of halogens is 2. The first-order chi connectivity index (χ1) is 15.7. The van der Waals surface area contributed by atoms with Gasteiger partial charge in [-0.05, 0) is 47.9 Å². The van der Waals surface area contributed by atoms with Gasteiger partial charge in [0.15, 0.2) is 0 Å². The third kappa shape index (κ3) is 5.40.